The monoisotopic (exact) mass is 715 g/mol. The third-order valence-electron chi connectivity index (χ3n) is 10.9. The SMILES string of the molecule is CC1(c2ccccc2)C=CC(c2nc(-c3ccccc3)nc(-c3ccc(-c4cccc5c4S(=O)(=O)c4ccc6ccc7ccccc7c6c4-5)cc3)n2)=CC1. The van der Waals surface area contributed by atoms with Crippen molar-refractivity contribution in [2.75, 3.05) is 0 Å². The Morgan fingerprint density at radius 3 is 1.91 bits per heavy atom. The molecule has 0 spiro atoms. The van der Waals surface area contributed by atoms with E-state index in [4.69, 9.17) is 15.0 Å². The quantitative estimate of drug-likeness (QED) is 0.166. The summed E-state index contributed by atoms with van der Waals surface area (Å²) in [5, 5.41) is 4.10. The molecule has 0 radical (unpaired) electrons. The number of sulfone groups is 1. The van der Waals surface area contributed by atoms with E-state index in [1.54, 1.807) is 6.07 Å². The lowest BCUT2D eigenvalue weighted by molar-refractivity contribution is 0.599. The van der Waals surface area contributed by atoms with Gasteiger partial charge in [0.1, 0.15) is 0 Å². The first kappa shape index (κ1) is 32.2. The summed E-state index contributed by atoms with van der Waals surface area (Å²) in [7, 11) is -3.79. The highest BCUT2D eigenvalue weighted by Crippen LogP contribution is 2.51. The summed E-state index contributed by atoms with van der Waals surface area (Å²) in [5.74, 6) is 1.75. The van der Waals surface area contributed by atoms with E-state index in [0.29, 0.717) is 32.8 Å². The first-order chi connectivity index (χ1) is 26.4. The maximum Gasteiger partial charge on any atom is 0.208 e. The fourth-order valence-electron chi connectivity index (χ4n) is 8.01. The lowest BCUT2D eigenvalue weighted by Gasteiger charge is -2.28. The summed E-state index contributed by atoms with van der Waals surface area (Å²) in [6.07, 6.45) is 7.39. The molecule has 1 atom stereocenters. The van der Waals surface area contributed by atoms with E-state index < -0.39 is 9.84 Å². The average molecular weight is 716 g/mol. The first-order valence-corrected chi connectivity index (χ1v) is 19.6. The molecule has 7 aromatic carbocycles. The molecule has 0 amide bonds. The number of hydrogen-bond acceptors (Lipinski definition) is 5. The van der Waals surface area contributed by atoms with Crippen LogP contribution in [-0.2, 0) is 15.3 Å². The number of fused-ring (bicyclic) bond motifs is 7. The molecule has 0 fully saturated rings. The van der Waals surface area contributed by atoms with Gasteiger partial charge in [-0.15, -0.1) is 0 Å². The van der Waals surface area contributed by atoms with Crippen LogP contribution in [0.5, 0.6) is 0 Å². The van der Waals surface area contributed by atoms with Crippen molar-refractivity contribution in [3.8, 4) is 45.0 Å². The average Bonchev–Trinajstić information content (AvgIpc) is 3.47. The standard InChI is InChI=1S/C48H33N3O2S/c1-48(37-14-6-3-7-15-37)29-27-36(28-30-48)47-50-45(34-12-4-2-5-13-34)49-46(51-47)35-23-20-32(21-24-35)39-17-10-18-40-43-41(54(52,53)44(39)40)26-25-33-22-19-31-11-8-9-16-38(31)42(33)43/h2-29H,30H2,1H3. The van der Waals surface area contributed by atoms with Crippen molar-refractivity contribution in [3.05, 3.63) is 181 Å². The van der Waals surface area contributed by atoms with Crippen LogP contribution < -0.4 is 0 Å². The minimum Gasteiger partial charge on any atom is -0.218 e. The van der Waals surface area contributed by atoms with Crippen molar-refractivity contribution < 1.29 is 8.42 Å². The van der Waals surface area contributed by atoms with Crippen molar-refractivity contribution >= 4 is 37.0 Å². The summed E-state index contributed by atoms with van der Waals surface area (Å²) in [6, 6.07) is 50.2. The van der Waals surface area contributed by atoms with Crippen LogP contribution in [-0.4, -0.2) is 23.4 Å². The summed E-state index contributed by atoms with van der Waals surface area (Å²) < 4.78 is 28.8. The number of rotatable bonds is 5. The number of nitrogens with zero attached hydrogens (tertiary/aromatic N) is 3. The van der Waals surface area contributed by atoms with Crippen LogP contribution in [0.25, 0.3) is 72.1 Å². The van der Waals surface area contributed by atoms with Crippen LogP contribution in [0.15, 0.2) is 180 Å². The van der Waals surface area contributed by atoms with E-state index in [2.05, 4.69) is 73.7 Å². The molecule has 8 aromatic rings. The molecule has 5 nitrogen and oxygen atoms in total. The van der Waals surface area contributed by atoms with Crippen molar-refractivity contribution in [3.63, 3.8) is 0 Å². The molecule has 1 aliphatic heterocycles. The molecule has 10 rings (SSSR count). The fraction of sp³-hybridized carbons (Fsp3) is 0.0625. The number of hydrogen-bond donors (Lipinski definition) is 0. The predicted octanol–water partition coefficient (Wildman–Crippen LogP) is 11.3. The molecule has 1 aliphatic carbocycles. The highest BCUT2D eigenvalue weighted by atomic mass is 32.2. The molecule has 1 unspecified atom stereocenters. The maximum absolute atomic E-state index is 14.4. The smallest absolute Gasteiger partial charge is 0.208 e. The summed E-state index contributed by atoms with van der Waals surface area (Å²) in [5.41, 5.74) is 6.79. The van der Waals surface area contributed by atoms with Gasteiger partial charge in [-0.1, -0.05) is 171 Å². The van der Waals surface area contributed by atoms with Crippen molar-refractivity contribution in [2.45, 2.75) is 28.6 Å². The molecule has 2 aliphatic rings. The van der Waals surface area contributed by atoms with Crippen LogP contribution >= 0.6 is 0 Å². The van der Waals surface area contributed by atoms with Crippen LogP contribution in [0, 0.1) is 0 Å². The van der Waals surface area contributed by atoms with E-state index in [0.717, 1.165) is 61.4 Å². The van der Waals surface area contributed by atoms with Gasteiger partial charge in [0.05, 0.1) is 9.79 Å². The van der Waals surface area contributed by atoms with Gasteiger partial charge in [-0.3, -0.25) is 0 Å². The van der Waals surface area contributed by atoms with Gasteiger partial charge in [-0.25, -0.2) is 23.4 Å². The second kappa shape index (κ2) is 12.3. The van der Waals surface area contributed by atoms with Gasteiger partial charge in [0, 0.05) is 38.8 Å². The van der Waals surface area contributed by atoms with Crippen LogP contribution in [0.2, 0.25) is 0 Å². The van der Waals surface area contributed by atoms with Gasteiger partial charge in [0.2, 0.25) is 9.84 Å². The third-order valence-corrected chi connectivity index (χ3v) is 12.8. The van der Waals surface area contributed by atoms with Gasteiger partial charge in [0.15, 0.2) is 17.5 Å². The third kappa shape index (κ3) is 5.13. The Kier molecular flexibility index (Phi) is 7.32. The van der Waals surface area contributed by atoms with E-state index >= 15 is 0 Å². The molecule has 2 heterocycles. The zero-order valence-corrected chi connectivity index (χ0v) is 30.3. The maximum atomic E-state index is 14.4. The number of allylic oxidation sites excluding steroid dienone is 4. The lowest BCUT2D eigenvalue weighted by Crippen LogP contribution is -2.20. The number of benzene rings is 7. The highest BCUT2D eigenvalue weighted by Gasteiger charge is 2.37. The summed E-state index contributed by atoms with van der Waals surface area (Å²) >= 11 is 0. The van der Waals surface area contributed by atoms with Crippen LogP contribution in [0.3, 0.4) is 0 Å². The lowest BCUT2D eigenvalue weighted by atomic mass is 9.76. The number of aromatic nitrogens is 3. The van der Waals surface area contributed by atoms with Crippen LogP contribution in [0.1, 0.15) is 24.7 Å². The molecular formula is C48H33N3O2S. The van der Waals surface area contributed by atoms with Crippen molar-refractivity contribution in [1.82, 2.24) is 15.0 Å². The van der Waals surface area contributed by atoms with E-state index in [-0.39, 0.29) is 5.41 Å². The molecule has 0 saturated heterocycles. The molecule has 0 bridgehead atoms. The van der Waals surface area contributed by atoms with Gasteiger partial charge in [-0.05, 0) is 45.2 Å². The van der Waals surface area contributed by atoms with Crippen molar-refractivity contribution in [2.24, 2.45) is 0 Å². The van der Waals surface area contributed by atoms with Gasteiger partial charge in [-0.2, -0.15) is 0 Å². The van der Waals surface area contributed by atoms with E-state index in [1.807, 2.05) is 97.1 Å². The molecule has 0 N–H and O–H groups in total. The Morgan fingerprint density at radius 1 is 0.556 bits per heavy atom. The Hall–Kier alpha value is -6.50. The second-order valence-electron chi connectivity index (χ2n) is 14.2. The van der Waals surface area contributed by atoms with E-state index in [9.17, 15) is 8.42 Å². The summed E-state index contributed by atoms with van der Waals surface area (Å²) in [6.45, 7) is 2.25. The van der Waals surface area contributed by atoms with Crippen LogP contribution in [0.4, 0.5) is 0 Å². The minimum atomic E-state index is -3.79. The normalized spacial score (nSPS) is 16.9. The molecule has 0 saturated carbocycles. The Morgan fingerprint density at radius 2 is 1.17 bits per heavy atom. The molecule has 54 heavy (non-hydrogen) atoms. The highest BCUT2D eigenvalue weighted by molar-refractivity contribution is 7.92. The predicted molar refractivity (Wildman–Crippen MR) is 218 cm³/mol. The second-order valence-corrected chi connectivity index (χ2v) is 16.1. The Balaban J connectivity index is 1.06. The zero-order valence-electron chi connectivity index (χ0n) is 29.4. The molecule has 6 heteroatoms. The fourth-order valence-corrected chi connectivity index (χ4v) is 9.89. The minimum absolute atomic E-state index is 0.119. The topological polar surface area (TPSA) is 72.8 Å². The first-order valence-electron chi connectivity index (χ1n) is 18.1. The van der Waals surface area contributed by atoms with Crippen molar-refractivity contribution in [1.29, 1.82) is 0 Å². The Bertz CT molecular complexity index is 2970. The van der Waals surface area contributed by atoms with E-state index in [1.165, 1.54) is 5.56 Å². The zero-order chi connectivity index (χ0) is 36.4. The molecule has 258 valence electrons. The van der Waals surface area contributed by atoms with Gasteiger partial charge >= 0.3 is 0 Å². The van der Waals surface area contributed by atoms with Gasteiger partial charge < -0.3 is 0 Å². The summed E-state index contributed by atoms with van der Waals surface area (Å²) in [4.78, 5) is 15.6. The molecule has 1 aromatic heterocycles. The Labute approximate surface area is 314 Å². The van der Waals surface area contributed by atoms with Gasteiger partial charge in [0.25, 0.3) is 0 Å². The largest absolute Gasteiger partial charge is 0.218 e. The molecular weight excluding hydrogens is 683 g/mol.